The first-order valence-corrected chi connectivity index (χ1v) is 8.20. The van der Waals surface area contributed by atoms with E-state index in [1.165, 1.54) is 0 Å². The molecule has 0 aliphatic carbocycles. The van der Waals surface area contributed by atoms with E-state index in [2.05, 4.69) is 0 Å². The van der Waals surface area contributed by atoms with Crippen LogP contribution in [-0.4, -0.2) is 11.1 Å². The fourth-order valence-corrected chi connectivity index (χ4v) is 2.55. The van der Waals surface area contributed by atoms with Gasteiger partial charge in [-0.1, -0.05) is 60.7 Å². The second-order valence-electron chi connectivity index (χ2n) is 5.80. The number of rotatable bonds is 6. The van der Waals surface area contributed by atoms with Gasteiger partial charge >= 0.3 is 5.97 Å². The number of carboxylic acids is 1. The van der Waals surface area contributed by atoms with Crippen molar-refractivity contribution in [1.82, 2.24) is 0 Å². The van der Waals surface area contributed by atoms with Gasteiger partial charge in [0.1, 0.15) is 12.4 Å². The Kier molecular flexibility index (Phi) is 5.34. The maximum Gasteiger partial charge on any atom is 0.336 e. The van der Waals surface area contributed by atoms with Crippen LogP contribution in [-0.2, 0) is 11.4 Å². The lowest BCUT2D eigenvalue weighted by atomic mass is 10.0. The molecule has 0 saturated heterocycles. The third-order valence-corrected chi connectivity index (χ3v) is 3.91. The predicted molar refractivity (Wildman–Crippen MR) is 104 cm³/mol. The van der Waals surface area contributed by atoms with Gasteiger partial charge in [0.2, 0.25) is 0 Å². The molecule has 0 fully saturated rings. The molecule has 0 aromatic heterocycles. The lowest BCUT2D eigenvalue weighted by molar-refractivity contribution is -0.130. The standard InChI is InChI=1S/C22H19NO3/c23-19-12-10-17(11-13-19)20(22(24)25)14-18-8-4-5-9-21(18)26-15-16-6-2-1-3-7-16/h1-14H,15,23H2,(H,24,25)/b20-14-. The lowest BCUT2D eigenvalue weighted by Crippen LogP contribution is -2.01. The van der Waals surface area contributed by atoms with E-state index < -0.39 is 5.97 Å². The van der Waals surface area contributed by atoms with Gasteiger partial charge in [0.05, 0.1) is 5.57 Å². The first-order valence-electron chi connectivity index (χ1n) is 8.20. The molecule has 3 rings (SSSR count). The third-order valence-electron chi connectivity index (χ3n) is 3.91. The molecule has 4 heteroatoms. The summed E-state index contributed by atoms with van der Waals surface area (Å²) in [6.07, 6.45) is 1.62. The van der Waals surface area contributed by atoms with E-state index in [4.69, 9.17) is 10.5 Å². The van der Waals surface area contributed by atoms with Crippen LogP contribution in [0.25, 0.3) is 11.6 Å². The Morgan fingerprint density at radius 2 is 1.58 bits per heavy atom. The number of benzene rings is 3. The van der Waals surface area contributed by atoms with Crippen LogP contribution in [0.1, 0.15) is 16.7 Å². The zero-order valence-electron chi connectivity index (χ0n) is 14.1. The van der Waals surface area contributed by atoms with Crippen LogP contribution in [0.5, 0.6) is 5.75 Å². The molecule has 3 aromatic rings. The van der Waals surface area contributed by atoms with Crippen LogP contribution in [0.4, 0.5) is 5.69 Å². The number of carboxylic acid groups (broad SMARTS) is 1. The summed E-state index contributed by atoms with van der Waals surface area (Å²) in [5, 5.41) is 9.62. The molecule has 130 valence electrons. The summed E-state index contributed by atoms with van der Waals surface area (Å²) in [5.74, 6) is -0.377. The molecular formula is C22H19NO3. The third kappa shape index (κ3) is 4.30. The molecule has 0 aliphatic rings. The highest BCUT2D eigenvalue weighted by atomic mass is 16.5. The molecule has 0 bridgehead atoms. The first-order chi connectivity index (χ1) is 12.6. The number of nitrogens with two attached hydrogens (primary N) is 1. The Bertz CT molecular complexity index is 916. The minimum atomic E-state index is -1.01. The van der Waals surface area contributed by atoms with E-state index in [1.807, 2.05) is 54.6 Å². The van der Waals surface area contributed by atoms with Gasteiger partial charge in [-0.15, -0.1) is 0 Å². The molecule has 0 amide bonds. The van der Waals surface area contributed by atoms with Crippen LogP contribution in [0, 0.1) is 0 Å². The van der Waals surface area contributed by atoms with Crippen molar-refractivity contribution in [3.63, 3.8) is 0 Å². The van der Waals surface area contributed by atoms with Crippen LogP contribution < -0.4 is 10.5 Å². The monoisotopic (exact) mass is 345 g/mol. The molecule has 0 aliphatic heterocycles. The molecule has 4 nitrogen and oxygen atoms in total. The van der Waals surface area contributed by atoms with Gasteiger partial charge in [-0.05, 0) is 35.4 Å². The highest BCUT2D eigenvalue weighted by molar-refractivity contribution is 6.20. The van der Waals surface area contributed by atoms with Crippen molar-refractivity contribution in [2.24, 2.45) is 0 Å². The molecule has 0 saturated carbocycles. The van der Waals surface area contributed by atoms with Gasteiger partial charge in [-0.25, -0.2) is 4.79 Å². The van der Waals surface area contributed by atoms with Gasteiger partial charge < -0.3 is 15.6 Å². The van der Waals surface area contributed by atoms with E-state index in [1.54, 1.807) is 30.3 Å². The van der Waals surface area contributed by atoms with Crippen LogP contribution in [0.2, 0.25) is 0 Å². The minimum absolute atomic E-state index is 0.181. The Morgan fingerprint density at radius 1 is 0.923 bits per heavy atom. The second kappa shape index (κ2) is 8.03. The van der Waals surface area contributed by atoms with E-state index in [-0.39, 0.29) is 5.57 Å². The second-order valence-corrected chi connectivity index (χ2v) is 5.80. The summed E-state index contributed by atoms with van der Waals surface area (Å²) in [6, 6.07) is 24.0. The van der Waals surface area contributed by atoms with Gasteiger partial charge in [-0.3, -0.25) is 0 Å². The number of ether oxygens (including phenoxy) is 1. The molecule has 0 unspecified atom stereocenters. The molecular weight excluding hydrogens is 326 g/mol. The SMILES string of the molecule is Nc1ccc(/C(=C/c2ccccc2OCc2ccccc2)C(=O)O)cc1. The van der Waals surface area contributed by atoms with Crippen LogP contribution in [0.15, 0.2) is 78.9 Å². The number of aliphatic carboxylic acids is 1. The maximum absolute atomic E-state index is 11.7. The van der Waals surface area contributed by atoms with Crippen molar-refractivity contribution >= 4 is 23.3 Å². The first kappa shape index (κ1) is 17.3. The average Bonchev–Trinajstić information content (AvgIpc) is 2.67. The topological polar surface area (TPSA) is 72.5 Å². The quantitative estimate of drug-likeness (QED) is 0.393. The number of hydrogen-bond donors (Lipinski definition) is 2. The lowest BCUT2D eigenvalue weighted by Gasteiger charge is -2.10. The normalized spacial score (nSPS) is 11.2. The number of anilines is 1. The Balaban J connectivity index is 1.90. The van der Waals surface area contributed by atoms with Crippen molar-refractivity contribution < 1.29 is 14.6 Å². The van der Waals surface area contributed by atoms with Gasteiger partial charge in [0.25, 0.3) is 0 Å². The minimum Gasteiger partial charge on any atom is -0.488 e. The highest BCUT2D eigenvalue weighted by Crippen LogP contribution is 2.26. The number of hydrogen-bond acceptors (Lipinski definition) is 3. The van der Waals surface area contributed by atoms with E-state index in [0.717, 1.165) is 5.56 Å². The molecule has 3 N–H and O–H groups in total. The Labute approximate surface area is 152 Å². The van der Waals surface area contributed by atoms with Crippen LogP contribution >= 0.6 is 0 Å². The summed E-state index contributed by atoms with van der Waals surface area (Å²) in [4.78, 5) is 11.7. The van der Waals surface area contributed by atoms with Gasteiger partial charge in [0, 0.05) is 11.3 Å². The molecule has 0 heterocycles. The summed E-state index contributed by atoms with van der Waals surface area (Å²) < 4.78 is 5.90. The Hall–Kier alpha value is -3.53. The van der Waals surface area contributed by atoms with Crippen molar-refractivity contribution in [2.75, 3.05) is 5.73 Å². The van der Waals surface area contributed by atoms with E-state index in [9.17, 15) is 9.90 Å². The molecule has 3 aromatic carbocycles. The fraction of sp³-hybridized carbons (Fsp3) is 0.0455. The zero-order valence-corrected chi connectivity index (χ0v) is 14.1. The van der Waals surface area contributed by atoms with Crippen LogP contribution in [0.3, 0.4) is 0 Å². The predicted octanol–water partition coefficient (Wildman–Crippen LogP) is 4.47. The van der Waals surface area contributed by atoms with E-state index in [0.29, 0.717) is 29.2 Å². The number of nitrogen functional groups attached to an aromatic ring is 1. The molecule has 0 radical (unpaired) electrons. The molecule has 0 atom stereocenters. The Morgan fingerprint density at radius 3 is 2.27 bits per heavy atom. The summed E-state index contributed by atoms with van der Waals surface area (Å²) in [6.45, 7) is 0.413. The average molecular weight is 345 g/mol. The van der Waals surface area contributed by atoms with Crippen molar-refractivity contribution in [2.45, 2.75) is 6.61 Å². The highest BCUT2D eigenvalue weighted by Gasteiger charge is 2.12. The summed E-state index contributed by atoms with van der Waals surface area (Å²) in [7, 11) is 0. The van der Waals surface area contributed by atoms with Crippen molar-refractivity contribution in [3.05, 3.63) is 95.6 Å². The molecule has 0 spiro atoms. The number of carbonyl (C=O) groups is 1. The smallest absolute Gasteiger partial charge is 0.336 e. The zero-order chi connectivity index (χ0) is 18.4. The van der Waals surface area contributed by atoms with Gasteiger partial charge in [0.15, 0.2) is 0 Å². The van der Waals surface area contributed by atoms with Crippen molar-refractivity contribution in [1.29, 1.82) is 0 Å². The van der Waals surface area contributed by atoms with E-state index >= 15 is 0 Å². The largest absolute Gasteiger partial charge is 0.488 e. The summed E-state index contributed by atoms with van der Waals surface area (Å²) in [5.41, 5.74) is 8.80. The number of para-hydroxylation sites is 1. The van der Waals surface area contributed by atoms with Crippen molar-refractivity contribution in [3.8, 4) is 5.75 Å². The summed E-state index contributed by atoms with van der Waals surface area (Å²) >= 11 is 0. The molecule has 26 heavy (non-hydrogen) atoms. The maximum atomic E-state index is 11.7. The fourth-order valence-electron chi connectivity index (χ4n) is 2.55. The van der Waals surface area contributed by atoms with Gasteiger partial charge in [-0.2, -0.15) is 0 Å².